The van der Waals surface area contributed by atoms with Crippen LogP contribution in [0.25, 0.3) is 0 Å². The van der Waals surface area contributed by atoms with E-state index < -0.39 is 0 Å². The summed E-state index contributed by atoms with van der Waals surface area (Å²) in [6.45, 7) is 7.80. The normalized spacial score (nSPS) is 11.1. The minimum atomic E-state index is 0. The van der Waals surface area contributed by atoms with Gasteiger partial charge in [-0.05, 0) is 25.3 Å². The molecule has 2 aromatic rings. The largest absolute Gasteiger partial charge is 0.361 e. The molecule has 0 aliphatic carbocycles. The van der Waals surface area contributed by atoms with Crippen molar-refractivity contribution in [3.05, 3.63) is 52.4 Å². The lowest BCUT2D eigenvalue weighted by atomic mass is 10.1. The van der Waals surface area contributed by atoms with Crippen LogP contribution in [0.2, 0.25) is 0 Å². The van der Waals surface area contributed by atoms with E-state index in [-0.39, 0.29) is 24.0 Å². The Balaban J connectivity index is 0.00000312. The number of guanidine groups is 1. The summed E-state index contributed by atoms with van der Waals surface area (Å²) in [5.41, 5.74) is 4.79. The van der Waals surface area contributed by atoms with Crippen molar-refractivity contribution in [3.63, 3.8) is 0 Å². The zero-order chi connectivity index (χ0) is 17.4. The Kier molecular flexibility index (Phi) is 9.55. The first-order valence-corrected chi connectivity index (χ1v) is 8.64. The second-order valence-corrected chi connectivity index (χ2v) is 5.83. The fourth-order valence-electron chi connectivity index (χ4n) is 2.61. The van der Waals surface area contributed by atoms with E-state index in [0.29, 0.717) is 6.54 Å². The smallest absolute Gasteiger partial charge is 0.191 e. The van der Waals surface area contributed by atoms with E-state index in [9.17, 15) is 0 Å². The van der Waals surface area contributed by atoms with Gasteiger partial charge in [0.2, 0.25) is 0 Å². The maximum absolute atomic E-state index is 5.40. The predicted molar refractivity (Wildman–Crippen MR) is 114 cm³/mol. The molecule has 0 aliphatic rings. The SMILES string of the molecule is CCc1noc(CC)c1CNC(=NC)NCCc1ccc(C)cc1.I. The highest BCUT2D eigenvalue weighted by atomic mass is 127. The van der Waals surface area contributed by atoms with Gasteiger partial charge >= 0.3 is 0 Å². The predicted octanol–water partition coefficient (Wildman–Crippen LogP) is 3.63. The summed E-state index contributed by atoms with van der Waals surface area (Å²) in [5, 5.41) is 10.9. The molecule has 0 fully saturated rings. The quantitative estimate of drug-likeness (QED) is 0.380. The van der Waals surface area contributed by atoms with Crippen LogP contribution < -0.4 is 10.6 Å². The minimum absolute atomic E-state index is 0. The molecule has 0 spiro atoms. The molecule has 5 nitrogen and oxygen atoms in total. The summed E-state index contributed by atoms with van der Waals surface area (Å²) in [6.07, 6.45) is 2.69. The van der Waals surface area contributed by atoms with Crippen LogP contribution >= 0.6 is 24.0 Å². The Hall–Kier alpha value is -1.57. The number of aryl methyl sites for hydroxylation is 3. The highest BCUT2D eigenvalue weighted by Crippen LogP contribution is 2.15. The van der Waals surface area contributed by atoms with Crippen molar-refractivity contribution in [1.29, 1.82) is 0 Å². The molecule has 2 rings (SSSR count). The first kappa shape index (κ1) is 21.5. The molecule has 0 radical (unpaired) electrons. The monoisotopic (exact) mass is 456 g/mol. The summed E-state index contributed by atoms with van der Waals surface area (Å²) >= 11 is 0. The number of hydrogen-bond acceptors (Lipinski definition) is 3. The van der Waals surface area contributed by atoms with Crippen LogP contribution in [0.15, 0.2) is 33.8 Å². The molecular weight excluding hydrogens is 427 g/mol. The average molecular weight is 456 g/mol. The number of nitrogens with one attached hydrogen (secondary N) is 2. The van der Waals surface area contributed by atoms with Crippen LogP contribution in [0.5, 0.6) is 0 Å². The number of halogens is 1. The van der Waals surface area contributed by atoms with Crippen molar-refractivity contribution in [2.75, 3.05) is 13.6 Å². The number of benzene rings is 1. The maximum atomic E-state index is 5.40. The van der Waals surface area contributed by atoms with Gasteiger partial charge in [0.25, 0.3) is 0 Å². The van der Waals surface area contributed by atoms with Gasteiger partial charge in [-0.25, -0.2) is 0 Å². The summed E-state index contributed by atoms with van der Waals surface area (Å²) < 4.78 is 5.40. The van der Waals surface area contributed by atoms with Gasteiger partial charge < -0.3 is 15.2 Å². The summed E-state index contributed by atoms with van der Waals surface area (Å²) in [6, 6.07) is 8.64. The molecule has 25 heavy (non-hydrogen) atoms. The third kappa shape index (κ3) is 6.34. The van der Waals surface area contributed by atoms with Crippen molar-refractivity contribution in [2.24, 2.45) is 4.99 Å². The molecule has 0 saturated heterocycles. The highest BCUT2D eigenvalue weighted by molar-refractivity contribution is 14.0. The number of nitrogens with zero attached hydrogens (tertiary/aromatic N) is 2. The molecule has 1 aromatic carbocycles. The first-order chi connectivity index (χ1) is 11.7. The van der Waals surface area contributed by atoms with E-state index in [1.807, 2.05) is 0 Å². The zero-order valence-electron chi connectivity index (χ0n) is 15.6. The van der Waals surface area contributed by atoms with Crippen LogP contribution in [0.1, 0.15) is 42.0 Å². The lowest BCUT2D eigenvalue weighted by Gasteiger charge is -2.12. The average Bonchev–Trinajstić information content (AvgIpc) is 3.01. The number of rotatable bonds is 7. The molecule has 2 N–H and O–H groups in total. The molecule has 0 bridgehead atoms. The van der Waals surface area contributed by atoms with Crippen LogP contribution in [-0.2, 0) is 25.8 Å². The lowest BCUT2D eigenvalue weighted by molar-refractivity contribution is 0.380. The van der Waals surface area contributed by atoms with Crippen molar-refractivity contribution in [2.45, 2.75) is 46.6 Å². The molecule has 0 unspecified atom stereocenters. The van der Waals surface area contributed by atoms with Crippen LogP contribution in [0.4, 0.5) is 0 Å². The van der Waals surface area contributed by atoms with Crippen molar-refractivity contribution in [3.8, 4) is 0 Å². The van der Waals surface area contributed by atoms with E-state index in [1.54, 1.807) is 7.05 Å². The van der Waals surface area contributed by atoms with E-state index in [2.05, 4.69) is 65.8 Å². The Morgan fingerprint density at radius 1 is 1.12 bits per heavy atom. The molecular formula is C19H29IN4O. The second-order valence-electron chi connectivity index (χ2n) is 5.83. The molecule has 0 amide bonds. The van der Waals surface area contributed by atoms with Crippen molar-refractivity contribution < 1.29 is 4.52 Å². The topological polar surface area (TPSA) is 62.5 Å². The molecule has 0 saturated carbocycles. The van der Waals surface area contributed by atoms with Gasteiger partial charge in [-0.3, -0.25) is 4.99 Å². The summed E-state index contributed by atoms with van der Waals surface area (Å²) in [7, 11) is 1.79. The Bertz CT molecular complexity index is 643. The molecule has 138 valence electrons. The molecule has 1 heterocycles. The fraction of sp³-hybridized carbons (Fsp3) is 0.474. The number of aromatic nitrogens is 1. The number of hydrogen-bond donors (Lipinski definition) is 2. The van der Waals surface area contributed by atoms with Crippen LogP contribution in [-0.4, -0.2) is 24.7 Å². The van der Waals surface area contributed by atoms with Crippen LogP contribution in [0, 0.1) is 6.92 Å². The molecule has 1 aromatic heterocycles. The van der Waals surface area contributed by atoms with Gasteiger partial charge in [0.1, 0.15) is 5.76 Å². The molecule has 6 heteroatoms. The van der Waals surface area contributed by atoms with Crippen LogP contribution in [0.3, 0.4) is 0 Å². The van der Waals surface area contributed by atoms with Crippen molar-refractivity contribution in [1.82, 2.24) is 15.8 Å². The fourth-order valence-corrected chi connectivity index (χ4v) is 2.61. The molecule has 0 aliphatic heterocycles. The van der Waals surface area contributed by atoms with Gasteiger partial charge in [0.15, 0.2) is 5.96 Å². The molecule has 0 atom stereocenters. The Morgan fingerprint density at radius 3 is 2.44 bits per heavy atom. The third-order valence-electron chi connectivity index (χ3n) is 4.09. The highest BCUT2D eigenvalue weighted by Gasteiger charge is 2.13. The third-order valence-corrected chi connectivity index (χ3v) is 4.09. The van der Waals surface area contributed by atoms with Gasteiger partial charge in [-0.2, -0.15) is 0 Å². The maximum Gasteiger partial charge on any atom is 0.191 e. The van der Waals surface area contributed by atoms with Gasteiger partial charge in [0, 0.05) is 32.1 Å². The second kappa shape index (κ2) is 11.1. The van der Waals surface area contributed by atoms with Gasteiger partial charge in [0.05, 0.1) is 5.69 Å². The van der Waals surface area contributed by atoms with Gasteiger partial charge in [-0.15, -0.1) is 24.0 Å². The van der Waals surface area contributed by atoms with E-state index in [4.69, 9.17) is 4.52 Å². The minimum Gasteiger partial charge on any atom is -0.361 e. The van der Waals surface area contributed by atoms with Gasteiger partial charge in [-0.1, -0.05) is 48.8 Å². The summed E-state index contributed by atoms with van der Waals surface area (Å²) in [5.74, 6) is 1.75. The zero-order valence-corrected chi connectivity index (χ0v) is 17.9. The van der Waals surface area contributed by atoms with E-state index in [1.165, 1.54) is 11.1 Å². The summed E-state index contributed by atoms with van der Waals surface area (Å²) in [4.78, 5) is 4.29. The lowest BCUT2D eigenvalue weighted by Crippen LogP contribution is -2.38. The van der Waals surface area contributed by atoms with E-state index in [0.717, 1.165) is 48.8 Å². The van der Waals surface area contributed by atoms with Crippen molar-refractivity contribution >= 4 is 29.9 Å². The van der Waals surface area contributed by atoms with E-state index >= 15 is 0 Å². The Labute approximate surface area is 167 Å². The Morgan fingerprint density at radius 2 is 1.84 bits per heavy atom. The standard InChI is InChI=1S/C19H28N4O.HI/c1-5-17-16(18(6-2)24-23-17)13-22-19(20-4)21-12-11-15-9-7-14(3)8-10-15;/h7-10H,5-6,11-13H2,1-4H3,(H2,20,21,22);1H. The number of aliphatic imine (C=N–C) groups is 1. The first-order valence-electron chi connectivity index (χ1n) is 8.64.